The van der Waals surface area contributed by atoms with Gasteiger partial charge in [-0.25, -0.2) is 0 Å². The van der Waals surface area contributed by atoms with Crippen LogP contribution in [0.5, 0.6) is 5.75 Å². The molecule has 3 nitrogen and oxygen atoms in total. The van der Waals surface area contributed by atoms with Gasteiger partial charge in [0.2, 0.25) is 0 Å². The van der Waals surface area contributed by atoms with Gasteiger partial charge in [0, 0.05) is 4.47 Å². The standard InChI is InChI=1S/C13H15BrN2O/c1-16-8-9-4-12(5-9)17-13-6-11(14)3-2-10(13)7-15/h2-3,6,9,12,16H,4-5,8H2,1H3. The maximum Gasteiger partial charge on any atom is 0.138 e. The first-order valence-electron chi connectivity index (χ1n) is 5.74. The largest absolute Gasteiger partial charge is 0.489 e. The Hall–Kier alpha value is -1.05. The fourth-order valence-corrected chi connectivity index (χ4v) is 2.43. The zero-order valence-electron chi connectivity index (χ0n) is 9.74. The number of nitriles is 1. The maximum atomic E-state index is 8.99. The highest BCUT2D eigenvalue weighted by molar-refractivity contribution is 9.10. The lowest BCUT2D eigenvalue weighted by Gasteiger charge is -2.35. The fraction of sp³-hybridized carbons (Fsp3) is 0.462. The van der Waals surface area contributed by atoms with E-state index in [-0.39, 0.29) is 6.10 Å². The lowest BCUT2D eigenvalue weighted by molar-refractivity contribution is 0.0654. The molecule has 0 atom stereocenters. The van der Waals surface area contributed by atoms with Crippen LogP contribution in [0.3, 0.4) is 0 Å². The summed E-state index contributed by atoms with van der Waals surface area (Å²) in [5.41, 5.74) is 0.602. The molecule has 1 aliphatic rings. The van der Waals surface area contributed by atoms with Gasteiger partial charge in [0.25, 0.3) is 0 Å². The predicted octanol–water partition coefficient (Wildman–Crippen LogP) is 2.70. The molecule has 1 fully saturated rings. The van der Waals surface area contributed by atoms with Crippen LogP contribution in [0, 0.1) is 17.2 Å². The van der Waals surface area contributed by atoms with E-state index >= 15 is 0 Å². The summed E-state index contributed by atoms with van der Waals surface area (Å²) < 4.78 is 6.79. The number of hydrogen-bond donors (Lipinski definition) is 1. The average molecular weight is 295 g/mol. The first kappa shape index (κ1) is 12.4. The van der Waals surface area contributed by atoms with Crippen molar-refractivity contribution in [2.75, 3.05) is 13.6 Å². The molecule has 0 spiro atoms. The van der Waals surface area contributed by atoms with Crippen molar-refractivity contribution in [1.82, 2.24) is 5.32 Å². The summed E-state index contributed by atoms with van der Waals surface area (Å²) in [6.45, 7) is 1.05. The highest BCUT2D eigenvalue weighted by atomic mass is 79.9. The van der Waals surface area contributed by atoms with Gasteiger partial charge in [-0.1, -0.05) is 15.9 Å². The molecule has 0 amide bonds. The van der Waals surface area contributed by atoms with Gasteiger partial charge in [0.1, 0.15) is 11.8 Å². The van der Waals surface area contributed by atoms with Crippen molar-refractivity contribution in [1.29, 1.82) is 5.26 Å². The van der Waals surface area contributed by atoms with Crippen LogP contribution < -0.4 is 10.1 Å². The Kier molecular flexibility index (Phi) is 4.03. The molecule has 0 bridgehead atoms. The zero-order valence-corrected chi connectivity index (χ0v) is 11.3. The SMILES string of the molecule is CNCC1CC(Oc2cc(Br)ccc2C#N)C1. The molecule has 1 aromatic carbocycles. The number of nitrogens with one attached hydrogen (secondary N) is 1. The summed E-state index contributed by atoms with van der Waals surface area (Å²) in [5, 5.41) is 12.2. The van der Waals surface area contributed by atoms with Gasteiger partial charge in [-0.3, -0.25) is 0 Å². The molecule has 0 heterocycles. The molecule has 17 heavy (non-hydrogen) atoms. The summed E-state index contributed by atoms with van der Waals surface area (Å²) in [5.74, 6) is 1.40. The monoisotopic (exact) mass is 294 g/mol. The second-order valence-corrected chi connectivity index (χ2v) is 5.30. The lowest BCUT2D eigenvalue weighted by Crippen LogP contribution is -2.38. The minimum atomic E-state index is 0.259. The number of nitrogens with zero attached hydrogens (tertiary/aromatic N) is 1. The average Bonchev–Trinajstić information content (AvgIpc) is 2.26. The van der Waals surface area contributed by atoms with E-state index in [1.165, 1.54) is 0 Å². The Morgan fingerprint density at radius 3 is 2.94 bits per heavy atom. The first-order valence-corrected chi connectivity index (χ1v) is 6.53. The third-order valence-corrected chi connectivity index (χ3v) is 3.54. The van der Waals surface area contributed by atoms with Gasteiger partial charge in [0.15, 0.2) is 0 Å². The number of halogens is 1. The number of rotatable bonds is 4. The zero-order chi connectivity index (χ0) is 12.3. The van der Waals surface area contributed by atoms with E-state index < -0.39 is 0 Å². The molecule has 1 aromatic rings. The van der Waals surface area contributed by atoms with E-state index in [4.69, 9.17) is 10.00 Å². The van der Waals surface area contributed by atoms with Gasteiger partial charge in [-0.2, -0.15) is 5.26 Å². The van der Waals surface area contributed by atoms with E-state index in [0.717, 1.165) is 23.9 Å². The van der Waals surface area contributed by atoms with Crippen LogP contribution >= 0.6 is 15.9 Å². The van der Waals surface area contributed by atoms with Crippen LogP contribution in [-0.4, -0.2) is 19.7 Å². The van der Waals surface area contributed by atoms with Gasteiger partial charge in [0.05, 0.1) is 11.7 Å². The predicted molar refractivity (Wildman–Crippen MR) is 69.9 cm³/mol. The minimum Gasteiger partial charge on any atom is -0.489 e. The Bertz CT molecular complexity index is 436. The molecule has 1 aliphatic carbocycles. The van der Waals surface area contributed by atoms with Gasteiger partial charge in [-0.15, -0.1) is 0 Å². The van der Waals surface area contributed by atoms with E-state index in [9.17, 15) is 0 Å². The van der Waals surface area contributed by atoms with E-state index in [2.05, 4.69) is 27.3 Å². The summed E-state index contributed by atoms with van der Waals surface area (Å²) in [6, 6.07) is 7.66. The van der Waals surface area contributed by atoms with Crippen molar-refractivity contribution in [3.63, 3.8) is 0 Å². The third kappa shape index (κ3) is 2.99. The van der Waals surface area contributed by atoms with Crippen molar-refractivity contribution in [2.24, 2.45) is 5.92 Å². The van der Waals surface area contributed by atoms with Gasteiger partial charge >= 0.3 is 0 Å². The molecule has 90 valence electrons. The molecule has 1 saturated carbocycles. The highest BCUT2D eigenvalue weighted by Crippen LogP contribution is 2.33. The molecule has 0 saturated heterocycles. The highest BCUT2D eigenvalue weighted by Gasteiger charge is 2.30. The van der Waals surface area contributed by atoms with Crippen LogP contribution in [0.15, 0.2) is 22.7 Å². The molecule has 4 heteroatoms. The smallest absolute Gasteiger partial charge is 0.138 e. The van der Waals surface area contributed by atoms with Crippen LogP contribution in [0.2, 0.25) is 0 Å². The molecule has 1 N–H and O–H groups in total. The second-order valence-electron chi connectivity index (χ2n) is 4.39. The first-order chi connectivity index (χ1) is 8.22. The van der Waals surface area contributed by atoms with Crippen LogP contribution in [0.25, 0.3) is 0 Å². The van der Waals surface area contributed by atoms with Crippen molar-refractivity contribution in [3.8, 4) is 11.8 Å². The van der Waals surface area contributed by atoms with Crippen molar-refractivity contribution >= 4 is 15.9 Å². The van der Waals surface area contributed by atoms with Crippen molar-refractivity contribution in [3.05, 3.63) is 28.2 Å². The van der Waals surface area contributed by atoms with Gasteiger partial charge < -0.3 is 10.1 Å². The van der Waals surface area contributed by atoms with E-state index in [1.807, 2.05) is 19.2 Å². The number of hydrogen-bond acceptors (Lipinski definition) is 3. The molecule has 0 unspecified atom stereocenters. The summed E-state index contributed by atoms with van der Waals surface area (Å²) >= 11 is 3.39. The van der Waals surface area contributed by atoms with E-state index in [1.54, 1.807) is 6.07 Å². The summed E-state index contributed by atoms with van der Waals surface area (Å²) in [6.07, 6.45) is 2.39. The van der Waals surface area contributed by atoms with Crippen molar-refractivity contribution < 1.29 is 4.74 Å². The second kappa shape index (κ2) is 5.52. The quantitative estimate of drug-likeness (QED) is 0.929. The van der Waals surface area contributed by atoms with Crippen LogP contribution in [0.4, 0.5) is 0 Å². The Balaban J connectivity index is 1.96. The molecule has 0 aliphatic heterocycles. The Labute approximate surface area is 110 Å². The molecular weight excluding hydrogens is 280 g/mol. The summed E-state index contributed by atoms with van der Waals surface area (Å²) in [4.78, 5) is 0. The lowest BCUT2D eigenvalue weighted by atomic mass is 9.82. The van der Waals surface area contributed by atoms with Gasteiger partial charge in [-0.05, 0) is 50.6 Å². The number of ether oxygens (including phenoxy) is 1. The van der Waals surface area contributed by atoms with E-state index in [0.29, 0.717) is 17.2 Å². The fourth-order valence-electron chi connectivity index (χ4n) is 2.09. The van der Waals surface area contributed by atoms with Crippen molar-refractivity contribution in [2.45, 2.75) is 18.9 Å². The maximum absolute atomic E-state index is 8.99. The Morgan fingerprint density at radius 2 is 2.29 bits per heavy atom. The van der Waals surface area contributed by atoms with Crippen LogP contribution in [0.1, 0.15) is 18.4 Å². The molecule has 2 rings (SSSR count). The minimum absolute atomic E-state index is 0.259. The molecule has 0 radical (unpaired) electrons. The summed E-state index contributed by atoms with van der Waals surface area (Å²) in [7, 11) is 1.97. The van der Waals surface area contributed by atoms with Crippen LogP contribution in [-0.2, 0) is 0 Å². The third-order valence-electron chi connectivity index (χ3n) is 3.04. The Morgan fingerprint density at radius 1 is 1.53 bits per heavy atom. The topological polar surface area (TPSA) is 45.0 Å². The number of benzene rings is 1. The normalized spacial score (nSPS) is 22.6. The molecular formula is C13H15BrN2O. The molecule has 0 aromatic heterocycles.